The Bertz CT molecular complexity index is 904. The second-order valence-electron chi connectivity index (χ2n) is 7.49. The summed E-state index contributed by atoms with van der Waals surface area (Å²) in [5.41, 5.74) is 3.64. The Morgan fingerprint density at radius 3 is 2.46 bits per heavy atom. The molecule has 2 heterocycles. The van der Waals surface area contributed by atoms with Gasteiger partial charge in [-0.25, -0.2) is 0 Å². The van der Waals surface area contributed by atoms with Gasteiger partial charge in [0.25, 0.3) is 0 Å². The van der Waals surface area contributed by atoms with Gasteiger partial charge in [-0.2, -0.15) is 0 Å². The number of carbonyl (C=O) groups excluding carboxylic acids is 1. The minimum Gasteiger partial charge on any atom is -0.349 e. The SMILES string of the molecule is CC1c2cccn2CCN1CC(=O)NC(Cc1ccccc1)c1ccccc1. The summed E-state index contributed by atoms with van der Waals surface area (Å²) in [6.45, 7) is 4.43. The molecule has 3 aromatic rings. The smallest absolute Gasteiger partial charge is 0.234 e. The van der Waals surface area contributed by atoms with Crippen LogP contribution >= 0.6 is 0 Å². The number of rotatable bonds is 6. The zero-order valence-electron chi connectivity index (χ0n) is 16.3. The van der Waals surface area contributed by atoms with Crippen molar-refractivity contribution in [3.8, 4) is 0 Å². The third-order valence-electron chi connectivity index (χ3n) is 5.64. The maximum absolute atomic E-state index is 12.9. The van der Waals surface area contributed by atoms with Gasteiger partial charge in [-0.1, -0.05) is 60.7 Å². The van der Waals surface area contributed by atoms with Crippen LogP contribution < -0.4 is 5.32 Å². The van der Waals surface area contributed by atoms with Gasteiger partial charge in [0.05, 0.1) is 12.6 Å². The molecule has 4 rings (SSSR count). The van der Waals surface area contributed by atoms with Crippen LogP contribution in [0.1, 0.15) is 35.8 Å². The molecule has 2 aromatic carbocycles. The number of hydrogen-bond donors (Lipinski definition) is 1. The van der Waals surface area contributed by atoms with E-state index in [1.807, 2.05) is 36.4 Å². The third-order valence-corrected chi connectivity index (χ3v) is 5.64. The van der Waals surface area contributed by atoms with Crippen molar-refractivity contribution >= 4 is 5.91 Å². The topological polar surface area (TPSA) is 37.3 Å². The second kappa shape index (κ2) is 8.44. The molecule has 1 aliphatic heterocycles. The van der Waals surface area contributed by atoms with E-state index in [0.717, 1.165) is 25.1 Å². The Kier molecular flexibility index (Phi) is 5.58. The molecule has 28 heavy (non-hydrogen) atoms. The highest BCUT2D eigenvalue weighted by atomic mass is 16.2. The standard InChI is InChI=1S/C24H27N3O/c1-19-23-13-8-14-26(23)15-16-27(19)18-24(28)25-22(21-11-6-3-7-12-21)17-20-9-4-2-5-10-20/h2-14,19,22H,15-18H2,1H3,(H,25,28). The molecule has 2 unspecified atom stereocenters. The molecule has 1 aliphatic rings. The number of benzene rings is 2. The zero-order valence-corrected chi connectivity index (χ0v) is 16.3. The summed E-state index contributed by atoms with van der Waals surface area (Å²) in [5.74, 6) is 0.0802. The molecule has 4 nitrogen and oxygen atoms in total. The van der Waals surface area contributed by atoms with Crippen LogP contribution in [0.2, 0.25) is 0 Å². The maximum Gasteiger partial charge on any atom is 0.234 e. The maximum atomic E-state index is 12.9. The fourth-order valence-corrected chi connectivity index (χ4v) is 4.05. The van der Waals surface area contributed by atoms with E-state index >= 15 is 0 Å². The lowest BCUT2D eigenvalue weighted by atomic mass is 9.99. The number of aromatic nitrogens is 1. The van der Waals surface area contributed by atoms with Gasteiger partial charge in [0.15, 0.2) is 0 Å². The van der Waals surface area contributed by atoms with Crippen LogP contribution in [0.4, 0.5) is 0 Å². The summed E-state index contributed by atoms with van der Waals surface area (Å²) in [5, 5.41) is 3.28. The van der Waals surface area contributed by atoms with Crippen molar-refractivity contribution in [2.75, 3.05) is 13.1 Å². The molecular weight excluding hydrogens is 346 g/mol. The number of carbonyl (C=O) groups is 1. The average molecular weight is 374 g/mol. The molecule has 1 N–H and O–H groups in total. The third kappa shape index (κ3) is 4.18. The normalized spacial score (nSPS) is 17.7. The first kappa shape index (κ1) is 18.5. The molecule has 0 aliphatic carbocycles. The van der Waals surface area contributed by atoms with E-state index in [1.165, 1.54) is 11.3 Å². The van der Waals surface area contributed by atoms with E-state index in [9.17, 15) is 4.79 Å². The summed E-state index contributed by atoms with van der Waals surface area (Å²) < 4.78 is 2.28. The van der Waals surface area contributed by atoms with Crippen LogP contribution in [0.15, 0.2) is 79.0 Å². The Hall–Kier alpha value is -2.85. The molecule has 0 saturated heterocycles. The molecule has 0 spiro atoms. The van der Waals surface area contributed by atoms with Gasteiger partial charge in [0, 0.05) is 31.0 Å². The van der Waals surface area contributed by atoms with Crippen molar-refractivity contribution in [3.05, 3.63) is 95.8 Å². The van der Waals surface area contributed by atoms with E-state index in [-0.39, 0.29) is 18.0 Å². The Labute approximate surface area is 166 Å². The van der Waals surface area contributed by atoms with E-state index in [4.69, 9.17) is 0 Å². The predicted octanol–water partition coefficient (Wildman–Crippen LogP) is 3.96. The molecule has 0 bridgehead atoms. The molecule has 144 valence electrons. The van der Waals surface area contributed by atoms with E-state index in [2.05, 4.69) is 64.3 Å². The summed E-state index contributed by atoms with van der Waals surface area (Å²) in [4.78, 5) is 15.2. The van der Waals surface area contributed by atoms with E-state index in [0.29, 0.717) is 6.54 Å². The van der Waals surface area contributed by atoms with Gasteiger partial charge in [-0.15, -0.1) is 0 Å². The summed E-state index contributed by atoms with van der Waals surface area (Å²) in [6.07, 6.45) is 2.91. The number of nitrogens with one attached hydrogen (secondary N) is 1. The minimum absolute atomic E-state index is 0.0277. The highest BCUT2D eigenvalue weighted by molar-refractivity contribution is 5.78. The number of nitrogens with zero attached hydrogens (tertiary/aromatic N) is 2. The van der Waals surface area contributed by atoms with Crippen LogP contribution in [-0.4, -0.2) is 28.5 Å². The highest BCUT2D eigenvalue weighted by Crippen LogP contribution is 2.25. The first-order valence-electron chi connectivity index (χ1n) is 9.98. The fraction of sp³-hybridized carbons (Fsp3) is 0.292. The van der Waals surface area contributed by atoms with Gasteiger partial charge < -0.3 is 9.88 Å². The lowest BCUT2D eigenvalue weighted by Crippen LogP contribution is -2.44. The first-order chi connectivity index (χ1) is 13.7. The Morgan fingerprint density at radius 1 is 1.00 bits per heavy atom. The van der Waals surface area contributed by atoms with E-state index < -0.39 is 0 Å². The monoisotopic (exact) mass is 373 g/mol. The lowest BCUT2D eigenvalue weighted by Gasteiger charge is -2.34. The quantitative estimate of drug-likeness (QED) is 0.710. The van der Waals surface area contributed by atoms with Crippen molar-refractivity contribution in [2.45, 2.75) is 32.0 Å². The van der Waals surface area contributed by atoms with Crippen molar-refractivity contribution in [2.24, 2.45) is 0 Å². The Morgan fingerprint density at radius 2 is 1.71 bits per heavy atom. The van der Waals surface area contributed by atoms with Crippen LogP contribution in [0.5, 0.6) is 0 Å². The van der Waals surface area contributed by atoms with Crippen LogP contribution in [0.25, 0.3) is 0 Å². The molecule has 4 heteroatoms. The van der Waals surface area contributed by atoms with Gasteiger partial charge >= 0.3 is 0 Å². The molecule has 0 fully saturated rings. The Balaban J connectivity index is 1.45. The molecule has 0 radical (unpaired) electrons. The lowest BCUT2D eigenvalue weighted by molar-refractivity contribution is -0.123. The van der Waals surface area contributed by atoms with Gasteiger partial charge in [0.1, 0.15) is 0 Å². The molecule has 1 aromatic heterocycles. The number of fused-ring (bicyclic) bond motifs is 1. The van der Waals surface area contributed by atoms with Crippen molar-refractivity contribution < 1.29 is 4.79 Å². The first-order valence-corrected chi connectivity index (χ1v) is 9.98. The van der Waals surface area contributed by atoms with Gasteiger partial charge in [0.2, 0.25) is 5.91 Å². The predicted molar refractivity (Wildman–Crippen MR) is 112 cm³/mol. The highest BCUT2D eigenvalue weighted by Gasteiger charge is 2.26. The zero-order chi connectivity index (χ0) is 19.3. The van der Waals surface area contributed by atoms with Crippen molar-refractivity contribution in [1.82, 2.24) is 14.8 Å². The van der Waals surface area contributed by atoms with E-state index in [1.54, 1.807) is 0 Å². The van der Waals surface area contributed by atoms with Crippen molar-refractivity contribution in [3.63, 3.8) is 0 Å². The molecule has 0 saturated carbocycles. The largest absolute Gasteiger partial charge is 0.349 e. The van der Waals surface area contributed by atoms with Crippen LogP contribution in [0, 0.1) is 0 Å². The summed E-state index contributed by atoms with van der Waals surface area (Å²) in [7, 11) is 0. The second-order valence-corrected chi connectivity index (χ2v) is 7.49. The molecule has 2 atom stereocenters. The summed E-state index contributed by atoms with van der Waals surface area (Å²) in [6, 6.07) is 25.0. The van der Waals surface area contributed by atoms with Crippen LogP contribution in [0.3, 0.4) is 0 Å². The average Bonchev–Trinajstić information content (AvgIpc) is 3.21. The molecular formula is C24H27N3O. The van der Waals surface area contributed by atoms with Gasteiger partial charge in [-0.05, 0) is 36.6 Å². The summed E-state index contributed by atoms with van der Waals surface area (Å²) >= 11 is 0. The van der Waals surface area contributed by atoms with Gasteiger partial charge in [-0.3, -0.25) is 9.69 Å². The molecule has 1 amide bonds. The minimum atomic E-state index is -0.0277. The number of amides is 1. The number of hydrogen-bond acceptors (Lipinski definition) is 2. The fourth-order valence-electron chi connectivity index (χ4n) is 4.05. The van der Waals surface area contributed by atoms with Crippen molar-refractivity contribution in [1.29, 1.82) is 0 Å². The van der Waals surface area contributed by atoms with Crippen LogP contribution in [-0.2, 0) is 17.8 Å².